The van der Waals surface area contributed by atoms with Crippen LogP contribution in [0.4, 0.5) is 11.4 Å². The number of nitrogens with one attached hydrogen (secondary N) is 1. The lowest BCUT2D eigenvalue weighted by Gasteiger charge is -2.23. The number of nitrogens with zero attached hydrogens (tertiary/aromatic N) is 3. The molecule has 9 nitrogen and oxygen atoms in total. The summed E-state index contributed by atoms with van der Waals surface area (Å²) in [5.41, 5.74) is 3.24. The Morgan fingerprint density at radius 1 is 1.09 bits per heavy atom. The van der Waals surface area contributed by atoms with E-state index in [4.69, 9.17) is 19.2 Å². The first-order chi connectivity index (χ1) is 20.5. The molecular formula is C33H50N4O5S. The van der Waals surface area contributed by atoms with Gasteiger partial charge in [-0.1, -0.05) is 20.3 Å². The molecule has 10 heteroatoms. The lowest BCUT2D eigenvalue weighted by atomic mass is 10.0. The number of hydrogen-bond acceptors (Lipinski definition) is 8. The molecule has 0 radical (unpaired) electrons. The number of methoxy groups -OCH3 is 2. The average Bonchev–Trinajstić information content (AvgIpc) is 3.39. The molecule has 0 bridgehead atoms. The summed E-state index contributed by atoms with van der Waals surface area (Å²) >= 11 is 1.61. The summed E-state index contributed by atoms with van der Waals surface area (Å²) in [4.78, 5) is 28.6. The molecule has 3 aromatic rings. The third kappa shape index (κ3) is 11.2. The first-order valence-corrected chi connectivity index (χ1v) is 15.8. The number of ether oxygens (including phenoxy) is 3. The number of aromatic nitrogens is 2. The number of benzene rings is 2. The van der Waals surface area contributed by atoms with Gasteiger partial charge in [0, 0.05) is 57.1 Å². The van der Waals surface area contributed by atoms with Gasteiger partial charge < -0.3 is 28.4 Å². The summed E-state index contributed by atoms with van der Waals surface area (Å²) < 4.78 is 19.7. The Morgan fingerprint density at radius 2 is 1.79 bits per heavy atom. The molecule has 1 N–H and O–H groups in total. The molecular weight excluding hydrogens is 564 g/mol. The largest absolute Gasteiger partial charge is 0.456 e. The lowest BCUT2D eigenvalue weighted by Crippen LogP contribution is -2.24. The van der Waals surface area contributed by atoms with Gasteiger partial charge in [-0.25, -0.2) is 4.98 Å². The monoisotopic (exact) mass is 614 g/mol. The SMILES string of the molecule is CCC(C)CCCOC.CCN(Sc1ccc(NC(=O)COC(C)=O)cc1)c1ccc2c(c1)nc(C(C)(C)OC)n2CC. The molecule has 2 aromatic carbocycles. The highest BCUT2D eigenvalue weighted by atomic mass is 32.2. The van der Waals surface area contributed by atoms with Crippen molar-refractivity contribution in [3.8, 4) is 0 Å². The Labute approximate surface area is 261 Å². The average molecular weight is 615 g/mol. The number of esters is 1. The van der Waals surface area contributed by atoms with Gasteiger partial charge in [0.25, 0.3) is 5.91 Å². The summed E-state index contributed by atoms with van der Waals surface area (Å²) in [6.45, 7) is 16.3. The minimum atomic E-state index is -0.486. The fourth-order valence-corrected chi connectivity index (χ4v) is 5.18. The number of carbonyl (C=O) groups is 2. The van der Waals surface area contributed by atoms with Crippen LogP contribution in [0.15, 0.2) is 47.4 Å². The maximum absolute atomic E-state index is 11.8. The van der Waals surface area contributed by atoms with E-state index in [1.54, 1.807) is 26.2 Å². The molecule has 3 rings (SSSR count). The van der Waals surface area contributed by atoms with Crippen molar-refractivity contribution in [2.24, 2.45) is 5.92 Å². The van der Waals surface area contributed by atoms with Crippen LogP contribution in [0.1, 0.15) is 73.6 Å². The maximum atomic E-state index is 11.8. The van der Waals surface area contributed by atoms with Gasteiger partial charge in [-0.05, 0) is 101 Å². The van der Waals surface area contributed by atoms with Crippen LogP contribution in [0.2, 0.25) is 0 Å². The minimum Gasteiger partial charge on any atom is -0.456 e. The lowest BCUT2D eigenvalue weighted by molar-refractivity contribution is -0.144. The van der Waals surface area contributed by atoms with Crippen LogP contribution in [0.25, 0.3) is 11.0 Å². The van der Waals surface area contributed by atoms with Crippen molar-refractivity contribution in [2.75, 3.05) is 43.6 Å². The zero-order valence-corrected chi connectivity index (χ0v) is 28.2. The molecule has 1 amide bonds. The van der Waals surface area contributed by atoms with Gasteiger partial charge in [-0.15, -0.1) is 0 Å². The van der Waals surface area contributed by atoms with E-state index < -0.39 is 11.6 Å². The van der Waals surface area contributed by atoms with Crippen molar-refractivity contribution in [1.82, 2.24) is 9.55 Å². The van der Waals surface area contributed by atoms with E-state index in [9.17, 15) is 9.59 Å². The Balaban J connectivity index is 0.000000621. The van der Waals surface area contributed by atoms with Crippen LogP contribution in [-0.4, -0.2) is 55.4 Å². The van der Waals surface area contributed by atoms with Crippen molar-refractivity contribution < 1.29 is 23.8 Å². The molecule has 0 aliphatic rings. The number of aryl methyl sites for hydroxylation is 1. The van der Waals surface area contributed by atoms with E-state index in [0.717, 1.165) is 53.1 Å². The fourth-order valence-electron chi connectivity index (χ4n) is 4.32. The van der Waals surface area contributed by atoms with Gasteiger partial charge in [-0.3, -0.25) is 9.59 Å². The summed E-state index contributed by atoms with van der Waals surface area (Å²) in [6, 6.07) is 13.9. The number of imidazole rings is 1. The highest BCUT2D eigenvalue weighted by Gasteiger charge is 2.27. The van der Waals surface area contributed by atoms with E-state index in [2.05, 4.69) is 60.1 Å². The molecule has 0 saturated heterocycles. The zero-order valence-electron chi connectivity index (χ0n) is 27.4. The molecule has 1 unspecified atom stereocenters. The number of amides is 1. The summed E-state index contributed by atoms with van der Waals surface area (Å²) in [7, 11) is 3.47. The second-order valence-corrected chi connectivity index (χ2v) is 11.9. The predicted molar refractivity (Wildman–Crippen MR) is 177 cm³/mol. The molecule has 0 aliphatic carbocycles. The first kappa shape index (κ1) is 36.1. The maximum Gasteiger partial charge on any atom is 0.303 e. The Bertz CT molecular complexity index is 1290. The van der Waals surface area contributed by atoms with E-state index >= 15 is 0 Å². The van der Waals surface area contributed by atoms with Gasteiger partial charge in [-0.2, -0.15) is 0 Å². The fraction of sp³-hybridized carbons (Fsp3) is 0.545. The second kappa shape index (κ2) is 17.9. The second-order valence-electron chi connectivity index (χ2n) is 10.9. The third-order valence-corrected chi connectivity index (χ3v) is 8.35. The van der Waals surface area contributed by atoms with E-state index in [1.165, 1.54) is 26.2 Å². The van der Waals surface area contributed by atoms with E-state index in [0.29, 0.717) is 5.69 Å². The van der Waals surface area contributed by atoms with Gasteiger partial charge in [0.2, 0.25) is 0 Å². The van der Waals surface area contributed by atoms with Crippen molar-refractivity contribution in [2.45, 2.75) is 84.8 Å². The van der Waals surface area contributed by atoms with Crippen LogP contribution in [-0.2, 0) is 35.9 Å². The Morgan fingerprint density at radius 3 is 2.35 bits per heavy atom. The summed E-state index contributed by atoms with van der Waals surface area (Å²) in [5.74, 6) is 0.924. The number of carbonyl (C=O) groups excluding carboxylic acids is 2. The molecule has 1 heterocycles. The van der Waals surface area contributed by atoms with Crippen LogP contribution < -0.4 is 9.62 Å². The van der Waals surface area contributed by atoms with Crippen LogP contribution in [0.3, 0.4) is 0 Å². The number of hydrogen-bond donors (Lipinski definition) is 1. The van der Waals surface area contributed by atoms with Gasteiger partial charge in [0.15, 0.2) is 6.61 Å². The molecule has 0 saturated carbocycles. The highest BCUT2D eigenvalue weighted by molar-refractivity contribution is 8.00. The number of fused-ring (bicyclic) bond motifs is 1. The molecule has 0 fully saturated rings. The van der Waals surface area contributed by atoms with Crippen LogP contribution in [0, 0.1) is 5.92 Å². The van der Waals surface area contributed by atoms with Crippen molar-refractivity contribution in [1.29, 1.82) is 0 Å². The smallest absolute Gasteiger partial charge is 0.303 e. The Hall–Kier alpha value is -3.08. The summed E-state index contributed by atoms with van der Waals surface area (Å²) in [6.07, 6.45) is 3.82. The first-order valence-electron chi connectivity index (χ1n) is 15.0. The van der Waals surface area contributed by atoms with Crippen LogP contribution in [0.5, 0.6) is 0 Å². The Kier molecular flexibility index (Phi) is 15.0. The highest BCUT2D eigenvalue weighted by Crippen LogP contribution is 2.33. The van der Waals surface area contributed by atoms with E-state index in [1.807, 2.05) is 38.1 Å². The van der Waals surface area contributed by atoms with Gasteiger partial charge in [0.1, 0.15) is 11.4 Å². The molecule has 0 spiro atoms. The minimum absolute atomic E-state index is 0.297. The number of rotatable bonds is 15. The van der Waals surface area contributed by atoms with Gasteiger partial charge in [0.05, 0.1) is 11.0 Å². The third-order valence-electron chi connectivity index (χ3n) is 7.17. The molecule has 43 heavy (non-hydrogen) atoms. The predicted octanol–water partition coefficient (Wildman–Crippen LogP) is 7.43. The van der Waals surface area contributed by atoms with Crippen molar-refractivity contribution in [3.63, 3.8) is 0 Å². The van der Waals surface area contributed by atoms with Crippen molar-refractivity contribution >= 4 is 46.2 Å². The molecule has 238 valence electrons. The van der Waals surface area contributed by atoms with Crippen molar-refractivity contribution in [3.05, 3.63) is 48.3 Å². The molecule has 0 aliphatic heterocycles. The summed E-state index contributed by atoms with van der Waals surface area (Å²) in [5, 5.41) is 2.71. The number of anilines is 2. The van der Waals surface area contributed by atoms with Crippen LogP contribution >= 0.6 is 11.9 Å². The molecule has 1 atom stereocenters. The quantitative estimate of drug-likeness (QED) is 0.107. The molecule has 1 aromatic heterocycles. The van der Waals surface area contributed by atoms with Gasteiger partial charge >= 0.3 is 5.97 Å². The topological polar surface area (TPSA) is 94.9 Å². The van der Waals surface area contributed by atoms with E-state index in [-0.39, 0.29) is 12.5 Å². The normalized spacial score (nSPS) is 11.9. The zero-order chi connectivity index (χ0) is 32.0. The standard InChI is InChI=1S/C25H32N4O4S.C8H18O/c1-7-28-22-14-11-19(15-21(22)27-24(28)25(4,5)32-6)29(8-2)34-20-12-9-18(10-13-20)26-23(31)16-33-17(3)30;1-4-8(2)6-5-7-9-3/h9-15H,7-8,16H2,1-6H3,(H,26,31);8H,4-7H2,1-3H3.